The summed E-state index contributed by atoms with van der Waals surface area (Å²) in [6, 6.07) is 4.33. The van der Waals surface area contributed by atoms with Crippen molar-refractivity contribution in [2.45, 2.75) is 51.1 Å². The fourth-order valence-electron chi connectivity index (χ4n) is 2.40. The van der Waals surface area contributed by atoms with E-state index in [0.717, 1.165) is 0 Å². The molecule has 1 atom stereocenters. The van der Waals surface area contributed by atoms with Crippen LogP contribution in [0.5, 0.6) is 0 Å². The summed E-state index contributed by atoms with van der Waals surface area (Å²) in [5.74, 6) is -2.31. The summed E-state index contributed by atoms with van der Waals surface area (Å²) in [6.07, 6.45) is -0.264. The monoisotopic (exact) mass is 328 g/mol. The van der Waals surface area contributed by atoms with Crippen molar-refractivity contribution >= 4 is 24.7 Å². The van der Waals surface area contributed by atoms with E-state index in [2.05, 4.69) is 0 Å². The first-order chi connectivity index (χ1) is 10.0. The van der Waals surface area contributed by atoms with Gasteiger partial charge in [-0.25, -0.2) is 4.39 Å². The summed E-state index contributed by atoms with van der Waals surface area (Å²) in [5, 5.41) is 9.08. The molecule has 0 saturated carbocycles. The van der Waals surface area contributed by atoms with E-state index in [1.165, 1.54) is 12.1 Å². The Kier molecular flexibility index (Phi) is 4.57. The maximum atomic E-state index is 13.7. The van der Waals surface area contributed by atoms with Crippen LogP contribution in [0.3, 0.4) is 0 Å². The number of carboxylic acids is 1. The molecule has 0 amide bonds. The first-order valence-electron chi connectivity index (χ1n) is 7.06. The summed E-state index contributed by atoms with van der Waals surface area (Å²) in [6.45, 7) is 7.49. The number of benzene rings is 1. The van der Waals surface area contributed by atoms with E-state index >= 15 is 0 Å². The Labute approximate surface area is 134 Å². The van der Waals surface area contributed by atoms with Crippen molar-refractivity contribution in [2.75, 3.05) is 0 Å². The van der Waals surface area contributed by atoms with Gasteiger partial charge < -0.3 is 14.4 Å². The second-order valence-corrected chi connectivity index (χ2v) is 6.85. The molecule has 1 saturated heterocycles. The van der Waals surface area contributed by atoms with Crippen molar-refractivity contribution in [3.63, 3.8) is 0 Å². The number of carboxylic acid groups (broad SMARTS) is 1. The number of carbonyl (C=O) groups is 1. The molecular weight excluding hydrogens is 309 g/mol. The Hall–Kier alpha value is -1.11. The quantitative estimate of drug-likeness (QED) is 0.857. The standard InChI is InChI=1S/C15H19BClFO4/c1-14(2)15(3,4)22-16(21-14)10(8-12(19)20)9-6-5-7-11(18)13(9)17/h5-7,10H,8H2,1-4H3,(H,19,20). The lowest BCUT2D eigenvalue weighted by Gasteiger charge is -2.32. The molecule has 1 heterocycles. The van der Waals surface area contributed by atoms with E-state index < -0.39 is 35.9 Å². The molecule has 2 rings (SSSR count). The Bertz CT molecular complexity index is 575. The van der Waals surface area contributed by atoms with E-state index in [1.807, 2.05) is 27.7 Å². The van der Waals surface area contributed by atoms with Crippen molar-refractivity contribution in [3.05, 3.63) is 34.6 Å². The van der Waals surface area contributed by atoms with Crippen molar-refractivity contribution in [3.8, 4) is 0 Å². The zero-order valence-corrected chi connectivity index (χ0v) is 13.8. The summed E-state index contributed by atoms with van der Waals surface area (Å²) in [4.78, 5) is 11.2. The maximum absolute atomic E-state index is 13.7. The van der Waals surface area contributed by atoms with E-state index in [1.54, 1.807) is 6.07 Å². The Morgan fingerprint density at radius 1 is 1.32 bits per heavy atom. The van der Waals surface area contributed by atoms with Crippen LogP contribution < -0.4 is 0 Å². The number of hydrogen-bond acceptors (Lipinski definition) is 3. The lowest BCUT2D eigenvalue weighted by molar-refractivity contribution is -0.137. The molecule has 120 valence electrons. The van der Waals surface area contributed by atoms with Crippen LogP contribution >= 0.6 is 11.6 Å². The third-order valence-electron chi connectivity index (χ3n) is 4.38. The SMILES string of the molecule is CC1(C)OB(C(CC(=O)O)c2cccc(F)c2Cl)OC1(C)C. The Morgan fingerprint density at radius 3 is 2.36 bits per heavy atom. The van der Waals surface area contributed by atoms with Gasteiger partial charge in [0, 0.05) is 5.82 Å². The van der Waals surface area contributed by atoms with Gasteiger partial charge in [-0.1, -0.05) is 23.7 Å². The highest BCUT2D eigenvalue weighted by molar-refractivity contribution is 6.48. The maximum Gasteiger partial charge on any atom is 0.466 e. The van der Waals surface area contributed by atoms with Gasteiger partial charge in [-0.15, -0.1) is 0 Å². The van der Waals surface area contributed by atoms with Gasteiger partial charge in [0.15, 0.2) is 0 Å². The topological polar surface area (TPSA) is 55.8 Å². The minimum absolute atomic E-state index is 0.0940. The van der Waals surface area contributed by atoms with E-state index in [-0.39, 0.29) is 11.4 Å². The van der Waals surface area contributed by atoms with Crippen LogP contribution in [-0.2, 0) is 14.1 Å². The molecule has 0 aliphatic carbocycles. The summed E-state index contributed by atoms with van der Waals surface area (Å²) in [5.41, 5.74) is -0.829. The van der Waals surface area contributed by atoms with Crippen molar-refractivity contribution in [2.24, 2.45) is 0 Å². The van der Waals surface area contributed by atoms with Gasteiger partial charge in [0.2, 0.25) is 0 Å². The molecule has 0 spiro atoms. The zero-order chi connectivity index (χ0) is 16.7. The van der Waals surface area contributed by atoms with E-state index in [4.69, 9.17) is 20.9 Å². The molecule has 0 radical (unpaired) electrons. The third kappa shape index (κ3) is 3.14. The van der Waals surface area contributed by atoms with E-state index in [9.17, 15) is 14.3 Å². The van der Waals surface area contributed by atoms with Gasteiger partial charge in [0.25, 0.3) is 0 Å². The molecule has 1 aromatic rings. The highest BCUT2D eigenvalue weighted by Gasteiger charge is 2.54. The summed E-state index contributed by atoms with van der Waals surface area (Å²) >= 11 is 6.01. The lowest BCUT2D eigenvalue weighted by atomic mass is 9.66. The largest absolute Gasteiger partial charge is 0.481 e. The molecule has 0 aromatic heterocycles. The molecule has 1 unspecified atom stereocenters. The number of aliphatic carboxylic acids is 1. The van der Waals surface area contributed by atoms with Crippen LogP contribution in [0.4, 0.5) is 4.39 Å². The molecule has 22 heavy (non-hydrogen) atoms. The van der Waals surface area contributed by atoms with Crippen LogP contribution in [0.1, 0.15) is 45.5 Å². The van der Waals surface area contributed by atoms with Crippen molar-refractivity contribution in [1.29, 1.82) is 0 Å². The molecule has 0 bridgehead atoms. The predicted molar refractivity (Wildman–Crippen MR) is 82.5 cm³/mol. The van der Waals surface area contributed by atoms with Crippen LogP contribution in [0.15, 0.2) is 18.2 Å². The smallest absolute Gasteiger partial charge is 0.466 e. The zero-order valence-electron chi connectivity index (χ0n) is 13.0. The van der Waals surface area contributed by atoms with Crippen LogP contribution in [0.25, 0.3) is 0 Å². The second kappa shape index (κ2) is 5.83. The fourth-order valence-corrected chi connectivity index (χ4v) is 2.67. The van der Waals surface area contributed by atoms with Crippen molar-refractivity contribution < 1.29 is 23.6 Å². The highest BCUT2D eigenvalue weighted by Crippen LogP contribution is 2.43. The third-order valence-corrected chi connectivity index (χ3v) is 4.77. The van der Waals surface area contributed by atoms with Crippen molar-refractivity contribution in [1.82, 2.24) is 0 Å². The first kappa shape index (κ1) is 17.3. The van der Waals surface area contributed by atoms with Crippen LogP contribution in [0.2, 0.25) is 5.02 Å². The molecule has 1 aliphatic heterocycles. The number of halogens is 2. The van der Waals surface area contributed by atoms with Gasteiger partial charge in [0.05, 0.1) is 22.6 Å². The van der Waals surface area contributed by atoms with Crippen LogP contribution in [0, 0.1) is 5.82 Å². The summed E-state index contributed by atoms with van der Waals surface area (Å²) in [7, 11) is -0.805. The molecule has 1 fully saturated rings. The van der Waals surface area contributed by atoms with Gasteiger partial charge in [-0.2, -0.15) is 0 Å². The lowest BCUT2D eigenvalue weighted by Crippen LogP contribution is -2.41. The van der Waals surface area contributed by atoms with Gasteiger partial charge in [-0.05, 0) is 39.3 Å². The average Bonchev–Trinajstić information content (AvgIpc) is 2.59. The normalized spacial score (nSPS) is 20.9. The molecular formula is C15H19BClFO4. The average molecular weight is 329 g/mol. The minimum Gasteiger partial charge on any atom is -0.481 e. The first-order valence-corrected chi connectivity index (χ1v) is 7.44. The molecule has 1 aliphatic rings. The van der Waals surface area contributed by atoms with E-state index in [0.29, 0.717) is 5.56 Å². The molecule has 1 aromatic carbocycles. The van der Waals surface area contributed by atoms with Crippen LogP contribution in [-0.4, -0.2) is 29.4 Å². The molecule has 7 heteroatoms. The van der Waals surface area contributed by atoms with Gasteiger partial charge in [0.1, 0.15) is 5.82 Å². The second-order valence-electron chi connectivity index (χ2n) is 6.47. The minimum atomic E-state index is -1.03. The fraction of sp³-hybridized carbons (Fsp3) is 0.533. The predicted octanol–water partition coefficient (Wildman–Crippen LogP) is 3.67. The molecule has 4 nitrogen and oxygen atoms in total. The number of hydrogen-bond donors (Lipinski definition) is 1. The van der Waals surface area contributed by atoms with Gasteiger partial charge in [-0.3, -0.25) is 4.79 Å². The number of rotatable bonds is 4. The summed E-state index contributed by atoms with van der Waals surface area (Å²) < 4.78 is 25.5. The van der Waals surface area contributed by atoms with Gasteiger partial charge >= 0.3 is 13.1 Å². The Morgan fingerprint density at radius 2 is 1.86 bits per heavy atom. The Balaban J connectivity index is 2.40. The molecule has 1 N–H and O–H groups in total. The highest BCUT2D eigenvalue weighted by atomic mass is 35.5.